The van der Waals surface area contributed by atoms with Gasteiger partial charge in [-0.05, 0) is 12.3 Å². The summed E-state index contributed by atoms with van der Waals surface area (Å²) in [6, 6.07) is 0. The fourth-order valence-corrected chi connectivity index (χ4v) is 1.98. The van der Waals surface area contributed by atoms with Crippen LogP contribution in [0, 0.1) is 5.92 Å². The van der Waals surface area contributed by atoms with E-state index in [1.807, 2.05) is 0 Å². The summed E-state index contributed by atoms with van der Waals surface area (Å²) in [7, 11) is 0. The Hall–Kier alpha value is -1.35. The molecule has 18 heavy (non-hydrogen) atoms. The van der Waals surface area contributed by atoms with Crippen LogP contribution in [-0.2, 0) is 19.3 Å². The average Bonchev–Trinajstić information content (AvgIpc) is 2.59. The summed E-state index contributed by atoms with van der Waals surface area (Å²) in [5, 5.41) is 36.2. The fourth-order valence-electron chi connectivity index (χ4n) is 1.98. The van der Waals surface area contributed by atoms with E-state index in [0.717, 1.165) is 0 Å². The molecule has 1 aliphatic heterocycles. The van der Waals surface area contributed by atoms with Crippen molar-refractivity contribution in [2.24, 2.45) is 5.92 Å². The number of hydrogen-bond acceptors (Lipinski definition) is 8. The lowest BCUT2D eigenvalue weighted by Crippen LogP contribution is -2.48. The van der Waals surface area contributed by atoms with Crippen LogP contribution in [0.25, 0.3) is 0 Å². The van der Waals surface area contributed by atoms with Crippen LogP contribution in [0.15, 0.2) is 11.5 Å². The molecule has 0 saturated heterocycles. The van der Waals surface area contributed by atoms with Gasteiger partial charge in [-0.2, -0.15) is 0 Å². The van der Waals surface area contributed by atoms with E-state index in [1.54, 1.807) is 13.8 Å². The first-order valence-corrected chi connectivity index (χ1v) is 5.32. The Bertz CT molecular complexity index is 350. The lowest BCUT2D eigenvalue weighted by Gasteiger charge is -2.33. The van der Waals surface area contributed by atoms with E-state index >= 15 is 0 Å². The predicted molar refractivity (Wildman–Crippen MR) is 55.8 cm³/mol. The Balaban J connectivity index is 3.27. The molecule has 0 unspecified atom stereocenters. The highest BCUT2D eigenvalue weighted by atomic mass is 17.1. The van der Waals surface area contributed by atoms with E-state index in [-0.39, 0.29) is 12.3 Å². The Morgan fingerprint density at radius 1 is 1.33 bits per heavy atom. The minimum Gasteiger partial charge on any atom is -0.442 e. The molecule has 0 bridgehead atoms. The van der Waals surface area contributed by atoms with E-state index in [2.05, 4.69) is 9.78 Å². The second-order valence-corrected chi connectivity index (χ2v) is 4.42. The van der Waals surface area contributed by atoms with Crippen molar-refractivity contribution in [1.29, 1.82) is 0 Å². The van der Waals surface area contributed by atoms with Gasteiger partial charge in [0.15, 0.2) is 0 Å². The molecular weight excluding hydrogens is 248 g/mol. The van der Waals surface area contributed by atoms with Gasteiger partial charge in [-0.25, -0.2) is 15.3 Å². The van der Waals surface area contributed by atoms with Crippen LogP contribution in [0.2, 0.25) is 0 Å². The minimum absolute atomic E-state index is 0.0588. The third-order valence-electron chi connectivity index (χ3n) is 2.66. The zero-order chi connectivity index (χ0) is 13.9. The Morgan fingerprint density at radius 2 is 1.94 bits per heavy atom. The van der Waals surface area contributed by atoms with E-state index in [0.29, 0.717) is 0 Å². The Morgan fingerprint density at radius 3 is 2.33 bits per heavy atom. The standard InChI is InChI=1S/C10H16O8/c1-5(2)3-10(6(12)4-11)8(18-15)7(17-14)9(13)16-10/h5-6,11-12,14-15H,3-4H2,1-2H3/t6-,10+/m0/s1. The summed E-state index contributed by atoms with van der Waals surface area (Å²) in [5.74, 6) is -2.49. The van der Waals surface area contributed by atoms with Crippen molar-refractivity contribution in [1.82, 2.24) is 0 Å². The number of rotatable bonds is 6. The highest BCUT2D eigenvalue weighted by molar-refractivity contribution is 5.90. The van der Waals surface area contributed by atoms with E-state index in [4.69, 9.17) is 20.4 Å². The molecule has 4 N–H and O–H groups in total. The molecular formula is C10H16O8. The third kappa shape index (κ3) is 2.27. The minimum atomic E-state index is -1.78. The molecule has 0 radical (unpaired) electrons. The second-order valence-electron chi connectivity index (χ2n) is 4.42. The maximum absolute atomic E-state index is 11.4. The topological polar surface area (TPSA) is 126 Å². The second kappa shape index (κ2) is 5.53. The number of aliphatic hydroxyl groups excluding tert-OH is 2. The van der Waals surface area contributed by atoms with E-state index in [1.165, 1.54) is 0 Å². The molecule has 2 atom stereocenters. The third-order valence-corrected chi connectivity index (χ3v) is 2.66. The van der Waals surface area contributed by atoms with Crippen LogP contribution in [0.5, 0.6) is 0 Å². The van der Waals surface area contributed by atoms with E-state index in [9.17, 15) is 9.90 Å². The number of cyclic esters (lactones) is 1. The number of hydrogen-bond donors (Lipinski definition) is 4. The molecule has 0 aliphatic carbocycles. The molecule has 0 aromatic rings. The van der Waals surface area contributed by atoms with Crippen LogP contribution in [0.3, 0.4) is 0 Å². The largest absolute Gasteiger partial charge is 0.442 e. The first kappa shape index (κ1) is 14.7. The summed E-state index contributed by atoms with van der Waals surface area (Å²) in [5.41, 5.74) is -1.78. The maximum atomic E-state index is 11.4. The number of ether oxygens (including phenoxy) is 1. The molecule has 0 aromatic heterocycles. The lowest BCUT2D eigenvalue weighted by atomic mass is 9.86. The van der Waals surface area contributed by atoms with Crippen molar-refractivity contribution in [2.45, 2.75) is 32.0 Å². The zero-order valence-electron chi connectivity index (χ0n) is 9.99. The molecule has 0 spiro atoms. The van der Waals surface area contributed by atoms with Crippen LogP contribution < -0.4 is 0 Å². The van der Waals surface area contributed by atoms with Crippen LogP contribution >= 0.6 is 0 Å². The lowest BCUT2D eigenvalue weighted by molar-refractivity contribution is -0.248. The molecule has 0 saturated carbocycles. The van der Waals surface area contributed by atoms with Gasteiger partial charge in [0.1, 0.15) is 6.10 Å². The summed E-state index contributed by atoms with van der Waals surface area (Å²) < 4.78 is 4.93. The molecule has 1 aliphatic rings. The summed E-state index contributed by atoms with van der Waals surface area (Å²) in [6.07, 6.45) is -1.47. The van der Waals surface area contributed by atoms with Crippen LogP contribution in [0.4, 0.5) is 0 Å². The van der Waals surface area contributed by atoms with Gasteiger partial charge in [-0.1, -0.05) is 13.8 Å². The van der Waals surface area contributed by atoms with Crippen molar-refractivity contribution < 1.29 is 40.0 Å². The first-order chi connectivity index (χ1) is 8.42. The van der Waals surface area contributed by atoms with Gasteiger partial charge in [-0.15, -0.1) is 0 Å². The van der Waals surface area contributed by atoms with Gasteiger partial charge >= 0.3 is 5.97 Å². The number of carbonyl (C=O) groups excluding carboxylic acids is 1. The highest BCUT2D eigenvalue weighted by Gasteiger charge is 2.57. The SMILES string of the molecule is CC(C)C[C@]1([C@@H](O)CO)OC(=O)C(OO)=C1OO. The quantitative estimate of drug-likeness (QED) is 0.297. The molecule has 0 amide bonds. The Labute approximate surface area is 103 Å². The van der Waals surface area contributed by atoms with Crippen LogP contribution in [-0.4, -0.2) is 45.0 Å². The Kier molecular flexibility index (Phi) is 4.52. The van der Waals surface area contributed by atoms with Gasteiger partial charge in [0.25, 0.3) is 5.76 Å². The molecule has 1 rings (SSSR count). The number of esters is 1. The smallest absolute Gasteiger partial charge is 0.382 e. The fraction of sp³-hybridized carbons (Fsp3) is 0.700. The first-order valence-electron chi connectivity index (χ1n) is 5.32. The van der Waals surface area contributed by atoms with Gasteiger partial charge in [-0.3, -0.25) is 0 Å². The normalized spacial score (nSPS) is 25.4. The number of carbonyl (C=O) groups is 1. The van der Waals surface area contributed by atoms with Gasteiger partial charge in [0, 0.05) is 0 Å². The average molecular weight is 264 g/mol. The maximum Gasteiger partial charge on any atom is 0.382 e. The van der Waals surface area contributed by atoms with E-state index < -0.39 is 35.8 Å². The van der Waals surface area contributed by atoms with Crippen molar-refractivity contribution in [2.75, 3.05) is 6.61 Å². The molecule has 0 aromatic carbocycles. The molecule has 8 nitrogen and oxygen atoms in total. The van der Waals surface area contributed by atoms with Gasteiger partial charge in [0.05, 0.1) is 6.61 Å². The molecule has 8 heteroatoms. The monoisotopic (exact) mass is 264 g/mol. The summed E-state index contributed by atoms with van der Waals surface area (Å²) in [4.78, 5) is 19.2. The van der Waals surface area contributed by atoms with Gasteiger partial charge in [0.2, 0.25) is 11.4 Å². The highest BCUT2D eigenvalue weighted by Crippen LogP contribution is 2.41. The van der Waals surface area contributed by atoms with Crippen molar-refractivity contribution >= 4 is 5.97 Å². The summed E-state index contributed by atoms with van der Waals surface area (Å²) >= 11 is 0. The molecule has 1 heterocycles. The van der Waals surface area contributed by atoms with Crippen molar-refractivity contribution in [3.8, 4) is 0 Å². The van der Waals surface area contributed by atoms with Crippen molar-refractivity contribution in [3.63, 3.8) is 0 Å². The van der Waals surface area contributed by atoms with Crippen LogP contribution in [0.1, 0.15) is 20.3 Å². The molecule has 104 valence electrons. The van der Waals surface area contributed by atoms with Crippen molar-refractivity contribution in [3.05, 3.63) is 11.5 Å². The molecule has 0 fully saturated rings. The number of aliphatic hydroxyl groups is 2. The zero-order valence-corrected chi connectivity index (χ0v) is 9.99. The predicted octanol–water partition coefficient (Wildman–Crippen LogP) is -0.128. The van der Waals surface area contributed by atoms with Gasteiger partial charge < -0.3 is 24.7 Å². The summed E-state index contributed by atoms with van der Waals surface area (Å²) in [6.45, 7) is 2.81.